The zero-order valence-corrected chi connectivity index (χ0v) is 21.5. The Hall–Kier alpha value is -3.02. The van der Waals surface area contributed by atoms with Crippen LogP contribution in [0.1, 0.15) is 48.8 Å². The molecule has 1 fully saturated rings. The first kappa shape index (κ1) is 24.7. The van der Waals surface area contributed by atoms with Gasteiger partial charge in [0, 0.05) is 27.5 Å². The first-order chi connectivity index (χ1) is 17.5. The Kier molecular flexibility index (Phi) is 7.22. The normalized spacial score (nSPS) is 19.4. The highest BCUT2D eigenvalue weighted by Gasteiger charge is 2.49. The Morgan fingerprint density at radius 1 is 0.917 bits per heavy atom. The summed E-state index contributed by atoms with van der Waals surface area (Å²) >= 11 is 12.6. The molecule has 186 valence electrons. The summed E-state index contributed by atoms with van der Waals surface area (Å²) in [6, 6.07) is 21.0. The lowest BCUT2D eigenvalue weighted by Gasteiger charge is -2.31. The maximum atomic E-state index is 13.8. The summed E-state index contributed by atoms with van der Waals surface area (Å²) in [6.07, 6.45) is 6.02. The van der Waals surface area contributed by atoms with Gasteiger partial charge < -0.3 is 16.0 Å². The van der Waals surface area contributed by atoms with Crippen LogP contribution < -0.4 is 16.0 Å². The monoisotopic (exact) mass is 521 g/mol. The van der Waals surface area contributed by atoms with E-state index in [1.54, 1.807) is 12.1 Å². The summed E-state index contributed by atoms with van der Waals surface area (Å²) in [6.45, 7) is 0.135. The van der Waals surface area contributed by atoms with E-state index in [1.807, 2.05) is 54.6 Å². The Morgan fingerprint density at radius 2 is 1.69 bits per heavy atom. The molecule has 1 unspecified atom stereocenters. The smallest absolute Gasteiger partial charge is 0.240 e. The van der Waals surface area contributed by atoms with Gasteiger partial charge in [-0.15, -0.1) is 0 Å². The van der Waals surface area contributed by atoms with Gasteiger partial charge in [-0.25, -0.2) is 0 Å². The van der Waals surface area contributed by atoms with E-state index in [1.165, 1.54) is 6.42 Å². The number of hydrogen-bond donors (Lipinski definition) is 3. The third kappa shape index (κ3) is 4.95. The van der Waals surface area contributed by atoms with E-state index in [4.69, 9.17) is 23.2 Å². The number of hydrogen-bond acceptors (Lipinski definition) is 3. The molecule has 0 aromatic heterocycles. The molecular formula is C29H29Cl2N3O2. The zero-order chi connectivity index (χ0) is 25.1. The van der Waals surface area contributed by atoms with E-state index in [0.29, 0.717) is 22.2 Å². The predicted octanol–water partition coefficient (Wildman–Crippen LogP) is 6.34. The summed E-state index contributed by atoms with van der Waals surface area (Å²) < 4.78 is 0. The number of amides is 2. The van der Waals surface area contributed by atoms with E-state index in [0.717, 1.165) is 48.1 Å². The quantitative estimate of drug-likeness (QED) is 0.340. The van der Waals surface area contributed by atoms with E-state index < -0.39 is 5.41 Å². The Labute approximate surface area is 221 Å². The van der Waals surface area contributed by atoms with Gasteiger partial charge in [0.05, 0.1) is 6.54 Å². The molecule has 2 amide bonds. The van der Waals surface area contributed by atoms with Gasteiger partial charge in [0.2, 0.25) is 11.8 Å². The molecule has 0 radical (unpaired) electrons. The number of rotatable bonds is 7. The molecule has 36 heavy (non-hydrogen) atoms. The molecule has 2 aliphatic rings. The number of nitrogens with one attached hydrogen (secondary N) is 3. The minimum atomic E-state index is -1.02. The molecule has 7 heteroatoms. The molecule has 5 nitrogen and oxygen atoms in total. The highest BCUT2D eigenvalue weighted by Crippen LogP contribution is 2.48. The maximum absolute atomic E-state index is 13.8. The molecular weight excluding hydrogens is 493 g/mol. The van der Waals surface area contributed by atoms with Crippen LogP contribution in [0.3, 0.4) is 0 Å². The van der Waals surface area contributed by atoms with Crippen molar-refractivity contribution in [3.63, 3.8) is 0 Å². The van der Waals surface area contributed by atoms with Crippen LogP contribution in [0.4, 0.5) is 11.4 Å². The van der Waals surface area contributed by atoms with Gasteiger partial charge >= 0.3 is 0 Å². The largest absolute Gasteiger partial charge is 0.376 e. The molecule has 0 bridgehead atoms. The fraction of sp³-hybridized carbons (Fsp3) is 0.310. The number of halogens is 2. The lowest BCUT2D eigenvalue weighted by Crippen LogP contribution is -2.41. The first-order valence-electron chi connectivity index (χ1n) is 12.4. The van der Waals surface area contributed by atoms with Crippen molar-refractivity contribution in [3.05, 3.63) is 93.5 Å². The van der Waals surface area contributed by atoms with Crippen molar-refractivity contribution in [2.45, 2.75) is 50.0 Å². The van der Waals surface area contributed by atoms with E-state index in [9.17, 15) is 9.59 Å². The topological polar surface area (TPSA) is 70.2 Å². The van der Waals surface area contributed by atoms with Gasteiger partial charge in [-0.05, 0) is 66.3 Å². The highest BCUT2D eigenvalue weighted by atomic mass is 35.5. The van der Waals surface area contributed by atoms with Crippen LogP contribution in [0.2, 0.25) is 10.0 Å². The van der Waals surface area contributed by atoms with E-state index in [2.05, 4.69) is 16.0 Å². The standard InChI is InChI=1S/C29H29Cl2N3O2/c30-20-8-6-7-19(15-20)17-29(24-14-13-21(31)16-26(24)34-28(29)36)23-11-4-5-12-25(23)32-18-27(35)33-22-9-2-1-3-10-22/h4-8,11-16,22,32H,1-3,9-10,17-18H2,(H,33,35)(H,34,36). The first-order valence-corrected chi connectivity index (χ1v) is 13.2. The van der Waals surface area contributed by atoms with Crippen LogP contribution in [-0.4, -0.2) is 24.4 Å². The van der Waals surface area contributed by atoms with Crippen LogP contribution in [0.5, 0.6) is 0 Å². The van der Waals surface area contributed by atoms with Gasteiger partial charge in [-0.3, -0.25) is 9.59 Å². The van der Waals surface area contributed by atoms with Gasteiger partial charge in [-0.2, -0.15) is 0 Å². The lowest BCUT2D eigenvalue weighted by atomic mass is 9.70. The minimum Gasteiger partial charge on any atom is -0.376 e. The second kappa shape index (κ2) is 10.5. The Morgan fingerprint density at radius 3 is 2.50 bits per heavy atom. The average molecular weight is 522 g/mol. The number of anilines is 2. The van der Waals surface area contributed by atoms with Crippen molar-refractivity contribution < 1.29 is 9.59 Å². The second-order valence-electron chi connectivity index (χ2n) is 9.66. The number of carbonyl (C=O) groups is 2. The number of carbonyl (C=O) groups excluding carboxylic acids is 2. The second-order valence-corrected chi connectivity index (χ2v) is 10.5. The maximum Gasteiger partial charge on any atom is 0.240 e. The molecule has 3 N–H and O–H groups in total. The number of para-hydroxylation sites is 1. The zero-order valence-electron chi connectivity index (χ0n) is 20.0. The number of benzene rings is 3. The summed E-state index contributed by atoms with van der Waals surface area (Å²) in [7, 11) is 0. The molecule has 3 aromatic rings. The fourth-order valence-corrected chi connectivity index (χ4v) is 5.93. The molecule has 1 atom stereocenters. The van der Waals surface area contributed by atoms with Crippen molar-refractivity contribution in [2.75, 3.05) is 17.2 Å². The minimum absolute atomic E-state index is 0.0383. The SMILES string of the molecule is O=C(CNc1ccccc1C1(Cc2cccc(Cl)c2)C(=O)Nc2cc(Cl)ccc21)NC1CCCCC1. The molecule has 1 heterocycles. The van der Waals surface area contributed by atoms with Crippen LogP contribution in [0.15, 0.2) is 66.7 Å². The Bertz CT molecular complexity index is 1290. The van der Waals surface area contributed by atoms with Crippen molar-refractivity contribution in [2.24, 2.45) is 0 Å². The molecule has 5 rings (SSSR count). The predicted molar refractivity (Wildman–Crippen MR) is 146 cm³/mol. The van der Waals surface area contributed by atoms with Crippen molar-refractivity contribution in [1.82, 2.24) is 5.32 Å². The van der Waals surface area contributed by atoms with Crippen LogP contribution in [0, 0.1) is 0 Å². The average Bonchev–Trinajstić information content (AvgIpc) is 3.14. The van der Waals surface area contributed by atoms with Gasteiger partial charge in [0.15, 0.2) is 0 Å². The summed E-state index contributed by atoms with van der Waals surface area (Å²) in [4.78, 5) is 26.6. The fourth-order valence-electron chi connectivity index (χ4n) is 5.55. The summed E-state index contributed by atoms with van der Waals surface area (Å²) in [5, 5.41) is 10.7. The van der Waals surface area contributed by atoms with Gasteiger partial charge in [-0.1, -0.05) is 78.9 Å². The Balaban J connectivity index is 1.50. The van der Waals surface area contributed by atoms with Crippen LogP contribution >= 0.6 is 23.2 Å². The summed E-state index contributed by atoms with van der Waals surface area (Å²) in [5.41, 5.74) is 3.00. The molecule has 1 aliphatic heterocycles. The molecule has 0 saturated heterocycles. The van der Waals surface area contributed by atoms with E-state index in [-0.39, 0.29) is 24.4 Å². The van der Waals surface area contributed by atoms with Crippen LogP contribution in [-0.2, 0) is 21.4 Å². The summed E-state index contributed by atoms with van der Waals surface area (Å²) in [5.74, 6) is -0.177. The van der Waals surface area contributed by atoms with Crippen molar-refractivity contribution in [1.29, 1.82) is 0 Å². The van der Waals surface area contributed by atoms with Crippen molar-refractivity contribution in [3.8, 4) is 0 Å². The van der Waals surface area contributed by atoms with Crippen LogP contribution in [0.25, 0.3) is 0 Å². The van der Waals surface area contributed by atoms with Gasteiger partial charge in [0.25, 0.3) is 0 Å². The highest BCUT2D eigenvalue weighted by molar-refractivity contribution is 6.31. The third-order valence-corrected chi connectivity index (χ3v) is 7.70. The van der Waals surface area contributed by atoms with Crippen molar-refractivity contribution >= 4 is 46.4 Å². The molecule has 0 spiro atoms. The van der Waals surface area contributed by atoms with Gasteiger partial charge in [0.1, 0.15) is 5.41 Å². The molecule has 3 aromatic carbocycles. The molecule has 1 saturated carbocycles. The number of fused-ring (bicyclic) bond motifs is 1. The third-order valence-electron chi connectivity index (χ3n) is 7.23. The van der Waals surface area contributed by atoms with E-state index >= 15 is 0 Å². The molecule has 1 aliphatic carbocycles. The lowest BCUT2D eigenvalue weighted by molar-refractivity contribution is -0.120.